The van der Waals surface area contributed by atoms with E-state index in [2.05, 4.69) is 10.1 Å². The van der Waals surface area contributed by atoms with E-state index in [4.69, 9.17) is 0 Å². The zero-order chi connectivity index (χ0) is 20.5. The molecular weight excluding hydrogens is 386 g/mol. The zero-order valence-electron chi connectivity index (χ0n) is 15.4. The number of nitrogens with one attached hydrogen (secondary N) is 1. The number of thioether (sulfide) groups is 1. The number of amides is 2. The van der Waals surface area contributed by atoms with Crippen LogP contribution in [0.2, 0.25) is 0 Å². The first-order valence-corrected chi connectivity index (χ1v) is 9.53. The number of anilines is 1. The molecule has 148 valence electrons. The zero-order valence-corrected chi connectivity index (χ0v) is 16.2. The second-order valence-corrected chi connectivity index (χ2v) is 6.54. The van der Waals surface area contributed by atoms with Gasteiger partial charge in [-0.15, -0.1) is 11.8 Å². The van der Waals surface area contributed by atoms with Crippen LogP contribution in [0.15, 0.2) is 59.5 Å². The monoisotopic (exact) mass is 406 g/mol. The number of carbonyl (C=O) groups excluding carboxylic acids is 2. The summed E-state index contributed by atoms with van der Waals surface area (Å²) in [6, 6.07) is 13.5. The Labute approximate surface area is 166 Å². The molecule has 0 fully saturated rings. The molecule has 1 N–H and O–H groups in total. The summed E-state index contributed by atoms with van der Waals surface area (Å²) in [5.74, 6) is -0.817. The first kappa shape index (κ1) is 21.4. The van der Waals surface area contributed by atoms with Crippen LogP contribution in [0.25, 0.3) is 6.08 Å². The van der Waals surface area contributed by atoms with Gasteiger partial charge in [-0.1, -0.05) is 30.3 Å². The molecule has 2 amide bonds. The number of benzene rings is 2. The van der Waals surface area contributed by atoms with Crippen LogP contribution < -0.4 is 10.1 Å². The Hall–Kier alpha value is -2.87. The summed E-state index contributed by atoms with van der Waals surface area (Å²) in [5.41, 5.74) is 1.01. The van der Waals surface area contributed by atoms with E-state index in [1.165, 1.54) is 41.9 Å². The lowest BCUT2D eigenvalue weighted by Gasteiger charge is -2.16. The average Bonchev–Trinajstić information content (AvgIpc) is 2.66. The van der Waals surface area contributed by atoms with E-state index < -0.39 is 12.5 Å². The van der Waals surface area contributed by atoms with E-state index in [1.54, 1.807) is 24.3 Å². The number of carbonyl (C=O) groups is 2. The first-order chi connectivity index (χ1) is 13.4. The maximum Gasteiger partial charge on any atom is 0.387 e. The Morgan fingerprint density at radius 3 is 2.57 bits per heavy atom. The Morgan fingerprint density at radius 1 is 1.18 bits per heavy atom. The minimum atomic E-state index is -2.96. The van der Waals surface area contributed by atoms with Crippen molar-refractivity contribution in [2.24, 2.45) is 0 Å². The third-order valence-corrected chi connectivity index (χ3v) is 4.47. The SMILES string of the molecule is CSc1ccccc1NC(=O)CN(C)C(=O)/C=C/c1ccccc1OC(F)F. The predicted molar refractivity (Wildman–Crippen MR) is 107 cm³/mol. The molecule has 2 aromatic carbocycles. The van der Waals surface area contributed by atoms with Gasteiger partial charge in [0.15, 0.2) is 0 Å². The Morgan fingerprint density at radius 2 is 1.86 bits per heavy atom. The number of rotatable bonds is 8. The maximum absolute atomic E-state index is 12.4. The van der Waals surface area contributed by atoms with Gasteiger partial charge in [0.25, 0.3) is 0 Å². The molecule has 0 heterocycles. The number of likely N-dealkylation sites (N-methyl/N-ethyl adjacent to an activating group) is 1. The molecule has 2 rings (SSSR count). The lowest BCUT2D eigenvalue weighted by molar-refractivity contribution is -0.129. The van der Waals surface area contributed by atoms with E-state index >= 15 is 0 Å². The molecule has 28 heavy (non-hydrogen) atoms. The third kappa shape index (κ3) is 6.38. The highest BCUT2D eigenvalue weighted by molar-refractivity contribution is 7.98. The van der Waals surface area contributed by atoms with E-state index in [1.807, 2.05) is 24.5 Å². The number of hydrogen-bond acceptors (Lipinski definition) is 4. The van der Waals surface area contributed by atoms with Gasteiger partial charge in [0.1, 0.15) is 5.75 Å². The van der Waals surface area contributed by atoms with E-state index in [0.29, 0.717) is 11.3 Å². The topological polar surface area (TPSA) is 58.6 Å². The minimum absolute atomic E-state index is 0.0318. The molecule has 0 unspecified atom stereocenters. The van der Waals surface area contributed by atoms with E-state index in [-0.39, 0.29) is 18.2 Å². The first-order valence-electron chi connectivity index (χ1n) is 8.30. The molecule has 0 aliphatic carbocycles. The van der Waals surface area contributed by atoms with Gasteiger partial charge in [0.2, 0.25) is 11.8 Å². The van der Waals surface area contributed by atoms with Gasteiger partial charge in [0, 0.05) is 23.6 Å². The van der Waals surface area contributed by atoms with Crippen molar-refractivity contribution in [2.75, 3.05) is 25.2 Å². The molecule has 8 heteroatoms. The minimum Gasteiger partial charge on any atom is -0.434 e. The van der Waals surface area contributed by atoms with Crippen molar-refractivity contribution >= 4 is 35.3 Å². The number of para-hydroxylation sites is 2. The van der Waals surface area contributed by atoms with Crippen molar-refractivity contribution in [2.45, 2.75) is 11.5 Å². The molecule has 0 aromatic heterocycles. The second kappa shape index (κ2) is 10.5. The molecule has 0 saturated carbocycles. The summed E-state index contributed by atoms with van der Waals surface area (Å²) in [6.07, 6.45) is 4.48. The van der Waals surface area contributed by atoms with Crippen molar-refractivity contribution in [3.63, 3.8) is 0 Å². The van der Waals surface area contributed by atoms with Gasteiger partial charge < -0.3 is 15.0 Å². The van der Waals surface area contributed by atoms with Gasteiger partial charge in [-0.05, 0) is 30.5 Å². The summed E-state index contributed by atoms with van der Waals surface area (Å²) in [6.45, 7) is -3.11. The number of ether oxygens (including phenoxy) is 1. The lowest BCUT2D eigenvalue weighted by atomic mass is 10.2. The van der Waals surface area contributed by atoms with E-state index in [0.717, 1.165) is 4.90 Å². The smallest absolute Gasteiger partial charge is 0.387 e. The molecule has 0 saturated heterocycles. The molecule has 0 radical (unpaired) electrons. The van der Waals surface area contributed by atoms with Crippen LogP contribution in [-0.2, 0) is 9.59 Å². The van der Waals surface area contributed by atoms with Crippen LogP contribution in [0.3, 0.4) is 0 Å². The number of nitrogens with zero attached hydrogens (tertiary/aromatic N) is 1. The van der Waals surface area contributed by atoms with Crippen molar-refractivity contribution in [3.05, 3.63) is 60.2 Å². The van der Waals surface area contributed by atoms with Crippen molar-refractivity contribution in [1.29, 1.82) is 0 Å². The highest BCUT2D eigenvalue weighted by Gasteiger charge is 2.13. The van der Waals surface area contributed by atoms with Crippen LogP contribution in [0, 0.1) is 0 Å². The molecule has 0 bridgehead atoms. The lowest BCUT2D eigenvalue weighted by Crippen LogP contribution is -2.33. The number of alkyl halides is 2. The third-order valence-electron chi connectivity index (χ3n) is 3.68. The molecule has 0 spiro atoms. The van der Waals surface area contributed by atoms with Crippen molar-refractivity contribution in [3.8, 4) is 5.75 Å². The average molecular weight is 406 g/mol. The van der Waals surface area contributed by atoms with Gasteiger partial charge in [-0.25, -0.2) is 0 Å². The van der Waals surface area contributed by atoms with Gasteiger partial charge in [-0.3, -0.25) is 9.59 Å². The molecule has 0 aliphatic heterocycles. The predicted octanol–water partition coefficient (Wildman–Crippen LogP) is 4.12. The normalized spacial score (nSPS) is 10.9. The maximum atomic E-state index is 12.4. The second-order valence-electron chi connectivity index (χ2n) is 5.69. The van der Waals surface area contributed by atoms with Gasteiger partial charge in [-0.2, -0.15) is 8.78 Å². The molecule has 0 atom stereocenters. The molecular formula is C20H20F2N2O3S. The van der Waals surface area contributed by atoms with Crippen LogP contribution in [0.4, 0.5) is 14.5 Å². The fraction of sp³-hybridized carbons (Fsp3) is 0.200. The van der Waals surface area contributed by atoms with E-state index in [9.17, 15) is 18.4 Å². The molecule has 0 aliphatic rings. The number of halogens is 2. The summed E-state index contributed by atoms with van der Waals surface area (Å²) >= 11 is 1.50. The van der Waals surface area contributed by atoms with Gasteiger partial charge in [0.05, 0.1) is 12.2 Å². The summed E-state index contributed by atoms with van der Waals surface area (Å²) in [7, 11) is 1.48. The number of hydrogen-bond donors (Lipinski definition) is 1. The Balaban J connectivity index is 1.97. The van der Waals surface area contributed by atoms with Gasteiger partial charge >= 0.3 is 6.61 Å². The summed E-state index contributed by atoms with van der Waals surface area (Å²) in [4.78, 5) is 26.6. The Kier molecular flexibility index (Phi) is 8.01. The van der Waals surface area contributed by atoms with Crippen LogP contribution in [-0.4, -0.2) is 43.2 Å². The fourth-order valence-electron chi connectivity index (χ4n) is 2.34. The summed E-state index contributed by atoms with van der Waals surface area (Å²) in [5, 5.41) is 2.77. The highest BCUT2D eigenvalue weighted by Crippen LogP contribution is 2.24. The van der Waals surface area contributed by atoms with Crippen LogP contribution in [0.1, 0.15) is 5.56 Å². The van der Waals surface area contributed by atoms with Crippen molar-refractivity contribution < 1.29 is 23.1 Å². The quantitative estimate of drug-likeness (QED) is 0.529. The standard InChI is InChI=1S/C20H20F2N2O3S/c1-24(13-18(25)23-15-8-4-6-10-17(15)28-2)19(26)12-11-14-7-3-5-9-16(14)27-20(21)22/h3-12,20H,13H2,1-2H3,(H,23,25)/b12-11+. The Bertz CT molecular complexity index is 859. The largest absolute Gasteiger partial charge is 0.434 e. The fourth-order valence-corrected chi connectivity index (χ4v) is 2.89. The molecule has 2 aromatic rings. The van der Waals surface area contributed by atoms with Crippen LogP contribution >= 0.6 is 11.8 Å². The van der Waals surface area contributed by atoms with Crippen LogP contribution in [0.5, 0.6) is 5.75 Å². The highest BCUT2D eigenvalue weighted by atomic mass is 32.2. The molecule has 5 nitrogen and oxygen atoms in total. The summed E-state index contributed by atoms with van der Waals surface area (Å²) < 4.78 is 29.3. The van der Waals surface area contributed by atoms with Crippen molar-refractivity contribution in [1.82, 2.24) is 4.90 Å².